The van der Waals surface area contributed by atoms with Gasteiger partial charge >= 0.3 is 0 Å². The van der Waals surface area contributed by atoms with Crippen molar-refractivity contribution in [1.82, 2.24) is 4.98 Å². The molecule has 0 bridgehead atoms. The second-order valence-electron chi connectivity index (χ2n) is 2.22. The van der Waals surface area contributed by atoms with Gasteiger partial charge in [-0.25, -0.2) is 4.98 Å². The van der Waals surface area contributed by atoms with Crippen LogP contribution in [0.4, 0.5) is 0 Å². The van der Waals surface area contributed by atoms with E-state index in [9.17, 15) is 0 Å². The highest BCUT2D eigenvalue weighted by Gasteiger charge is 1.94. The van der Waals surface area contributed by atoms with E-state index in [1.807, 2.05) is 12.1 Å². The van der Waals surface area contributed by atoms with Crippen molar-refractivity contribution in [2.45, 2.75) is 6.42 Å². The minimum atomic E-state index is 0.147. The fourth-order valence-electron chi connectivity index (χ4n) is 0.711. The molecule has 0 amide bonds. The van der Waals surface area contributed by atoms with E-state index < -0.39 is 0 Å². The Hall–Kier alpha value is -0.610. The zero-order valence-electron chi connectivity index (χ0n) is 6.53. The highest BCUT2D eigenvalue weighted by atomic mass is 79.9. The number of ether oxygens (including phenoxy) is 1. The van der Waals surface area contributed by atoms with Crippen molar-refractivity contribution in [1.29, 1.82) is 0 Å². The van der Waals surface area contributed by atoms with Crippen molar-refractivity contribution >= 4 is 15.9 Å². The van der Waals surface area contributed by atoms with Crippen molar-refractivity contribution in [3.8, 4) is 5.88 Å². The predicted octanol–water partition coefficient (Wildman–Crippen LogP) is 1.61. The number of nitrogens with zero attached hydrogens (tertiary/aromatic N) is 1. The molecule has 1 N–H and O–H groups in total. The van der Waals surface area contributed by atoms with Crippen molar-refractivity contribution in [2.24, 2.45) is 0 Å². The molecule has 0 radical (unpaired) electrons. The number of rotatable bonds is 4. The third-order valence-corrected chi connectivity index (χ3v) is 1.68. The molecule has 1 aromatic rings. The molecule has 1 rings (SSSR count). The van der Waals surface area contributed by atoms with Gasteiger partial charge in [-0.2, -0.15) is 0 Å². The van der Waals surface area contributed by atoms with Crippen LogP contribution in [0, 0.1) is 0 Å². The molecule has 1 heterocycles. The van der Waals surface area contributed by atoms with Crippen LogP contribution in [0.3, 0.4) is 0 Å². The molecule has 66 valence electrons. The molecule has 0 unspecified atom stereocenters. The zero-order chi connectivity index (χ0) is 8.81. The van der Waals surface area contributed by atoms with E-state index in [1.54, 1.807) is 6.07 Å². The predicted molar refractivity (Wildman–Crippen MR) is 49.1 cm³/mol. The maximum Gasteiger partial charge on any atom is 0.214 e. The number of aliphatic hydroxyl groups excluding tert-OH is 1. The van der Waals surface area contributed by atoms with E-state index in [4.69, 9.17) is 9.84 Å². The van der Waals surface area contributed by atoms with Gasteiger partial charge in [0.05, 0.1) is 6.61 Å². The largest absolute Gasteiger partial charge is 0.478 e. The lowest BCUT2D eigenvalue weighted by atomic mass is 10.5. The first kappa shape index (κ1) is 9.48. The fourth-order valence-corrected chi connectivity index (χ4v) is 1.04. The van der Waals surface area contributed by atoms with Gasteiger partial charge in [0, 0.05) is 19.1 Å². The Kier molecular flexibility index (Phi) is 4.04. The van der Waals surface area contributed by atoms with E-state index in [1.165, 1.54) is 0 Å². The van der Waals surface area contributed by atoms with Crippen LogP contribution in [0.25, 0.3) is 0 Å². The van der Waals surface area contributed by atoms with Gasteiger partial charge in [0.2, 0.25) is 5.88 Å². The van der Waals surface area contributed by atoms with Crippen molar-refractivity contribution in [3.63, 3.8) is 0 Å². The Morgan fingerprint density at radius 3 is 3.00 bits per heavy atom. The Morgan fingerprint density at radius 1 is 1.50 bits per heavy atom. The lowest BCUT2D eigenvalue weighted by Crippen LogP contribution is -2.00. The number of aromatic nitrogens is 1. The summed E-state index contributed by atoms with van der Waals surface area (Å²) in [4.78, 5) is 4.06. The van der Waals surface area contributed by atoms with Crippen LogP contribution in [-0.2, 0) is 0 Å². The molecule has 0 fully saturated rings. The average Bonchev–Trinajstić information content (AvgIpc) is 2.05. The summed E-state index contributed by atoms with van der Waals surface area (Å²) >= 11 is 3.23. The molecule has 0 aromatic carbocycles. The molecule has 0 aliphatic carbocycles. The van der Waals surface area contributed by atoms with Gasteiger partial charge in [0.1, 0.15) is 4.60 Å². The molecule has 0 aliphatic heterocycles. The Labute approximate surface area is 79.5 Å². The van der Waals surface area contributed by atoms with Crippen LogP contribution >= 0.6 is 15.9 Å². The van der Waals surface area contributed by atoms with Gasteiger partial charge in [-0.15, -0.1) is 0 Å². The molecule has 0 saturated heterocycles. The highest BCUT2D eigenvalue weighted by Crippen LogP contribution is 2.11. The first-order chi connectivity index (χ1) is 5.83. The Balaban J connectivity index is 2.41. The van der Waals surface area contributed by atoms with E-state index in [0.29, 0.717) is 18.9 Å². The van der Waals surface area contributed by atoms with E-state index >= 15 is 0 Å². The average molecular weight is 232 g/mol. The normalized spacial score (nSPS) is 9.83. The van der Waals surface area contributed by atoms with E-state index in [0.717, 1.165) is 4.60 Å². The fraction of sp³-hybridized carbons (Fsp3) is 0.375. The lowest BCUT2D eigenvalue weighted by molar-refractivity contribution is 0.229. The molecular formula is C8H10BrNO2. The maximum absolute atomic E-state index is 8.49. The van der Waals surface area contributed by atoms with E-state index in [-0.39, 0.29) is 6.61 Å². The first-order valence-corrected chi connectivity index (χ1v) is 4.48. The molecule has 0 spiro atoms. The Morgan fingerprint density at radius 2 is 2.33 bits per heavy atom. The summed E-state index contributed by atoms with van der Waals surface area (Å²) in [6.45, 7) is 0.647. The summed E-state index contributed by atoms with van der Waals surface area (Å²) in [6, 6.07) is 5.46. The zero-order valence-corrected chi connectivity index (χ0v) is 8.12. The second-order valence-corrected chi connectivity index (χ2v) is 3.04. The molecule has 3 nitrogen and oxygen atoms in total. The minimum absolute atomic E-state index is 0.147. The van der Waals surface area contributed by atoms with Crippen LogP contribution in [0.15, 0.2) is 22.8 Å². The third-order valence-electron chi connectivity index (χ3n) is 1.24. The van der Waals surface area contributed by atoms with Crippen molar-refractivity contribution in [2.75, 3.05) is 13.2 Å². The van der Waals surface area contributed by atoms with Crippen LogP contribution in [0.2, 0.25) is 0 Å². The van der Waals surface area contributed by atoms with E-state index in [2.05, 4.69) is 20.9 Å². The van der Waals surface area contributed by atoms with Crippen molar-refractivity contribution < 1.29 is 9.84 Å². The second kappa shape index (κ2) is 5.11. The summed E-state index contributed by atoms with van der Waals surface area (Å²) in [5.74, 6) is 0.581. The van der Waals surface area contributed by atoms with Gasteiger partial charge in [0.25, 0.3) is 0 Å². The monoisotopic (exact) mass is 231 g/mol. The standard InChI is InChI=1S/C8H10BrNO2/c9-7-3-1-4-8(10-7)12-6-2-5-11/h1,3-4,11H,2,5-6H2. The Bertz CT molecular complexity index is 242. The minimum Gasteiger partial charge on any atom is -0.478 e. The first-order valence-electron chi connectivity index (χ1n) is 3.69. The van der Waals surface area contributed by atoms with Gasteiger partial charge < -0.3 is 9.84 Å². The topological polar surface area (TPSA) is 42.4 Å². The summed E-state index contributed by atoms with van der Waals surface area (Å²) in [5.41, 5.74) is 0. The number of pyridine rings is 1. The number of halogens is 1. The summed E-state index contributed by atoms with van der Waals surface area (Å²) in [7, 11) is 0. The molecule has 0 saturated carbocycles. The molecule has 12 heavy (non-hydrogen) atoms. The number of hydrogen-bond donors (Lipinski definition) is 1. The van der Waals surface area contributed by atoms with Gasteiger partial charge in [-0.3, -0.25) is 0 Å². The quantitative estimate of drug-likeness (QED) is 0.633. The van der Waals surface area contributed by atoms with Gasteiger partial charge in [-0.1, -0.05) is 6.07 Å². The highest BCUT2D eigenvalue weighted by molar-refractivity contribution is 9.10. The molecule has 1 aromatic heterocycles. The lowest BCUT2D eigenvalue weighted by Gasteiger charge is -2.02. The van der Waals surface area contributed by atoms with Gasteiger partial charge in [0.15, 0.2) is 0 Å². The SMILES string of the molecule is OCCCOc1cccc(Br)n1. The van der Waals surface area contributed by atoms with Crippen LogP contribution in [0.5, 0.6) is 5.88 Å². The maximum atomic E-state index is 8.49. The van der Waals surface area contributed by atoms with Crippen LogP contribution in [0.1, 0.15) is 6.42 Å². The molecule has 0 aliphatic rings. The van der Waals surface area contributed by atoms with Crippen LogP contribution < -0.4 is 4.74 Å². The smallest absolute Gasteiger partial charge is 0.214 e. The third kappa shape index (κ3) is 3.19. The van der Waals surface area contributed by atoms with Crippen LogP contribution in [-0.4, -0.2) is 23.3 Å². The number of aliphatic hydroxyl groups is 1. The summed E-state index contributed by atoms with van der Waals surface area (Å²) < 4.78 is 5.98. The summed E-state index contributed by atoms with van der Waals surface area (Å²) in [5, 5.41) is 8.49. The number of hydrogen-bond acceptors (Lipinski definition) is 3. The van der Waals surface area contributed by atoms with Gasteiger partial charge in [-0.05, 0) is 22.0 Å². The molecule has 4 heteroatoms. The van der Waals surface area contributed by atoms with Crippen molar-refractivity contribution in [3.05, 3.63) is 22.8 Å². The molecular weight excluding hydrogens is 222 g/mol. The molecule has 0 atom stereocenters. The summed E-state index contributed by atoms with van der Waals surface area (Å²) in [6.07, 6.45) is 0.633.